The van der Waals surface area contributed by atoms with Gasteiger partial charge in [0.25, 0.3) is 0 Å². The zero-order valence-corrected chi connectivity index (χ0v) is 16.4. The predicted octanol–water partition coefficient (Wildman–Crippen LogP) is 3.22. The molecule has 0 radical (unpaired) electrons. The number of hydrogen-bond acceptors (Lipinski definition) is 3. The Hall–Kier alpha value is -2.53. The molecule has 0 aliphatic carbocycles. The lowest BCUT2D eigenvalue weighted by Crippen LogP contribution is -2.42. The third-order valence-corrected chi connectivity index (χ3v) is 4.44. The molecule has 0 amide bonds. The van der Waals surface area contributed by atoms with Crippen LogP contribution in [0.2, 0.25) is 0 Å². The minimum Gasteiger partial charge on any atom is -0.497 e. The van der Waals surface area contributed by atoms with Crippen molar-refractivity contribution < 1.29 is 4.74 Å². The Morgan fingerprint density at radius 1 is 1.08 bits per heavy atom. The summed E-state index contributed by atoms with van der Waals surface area (Å²) in [5.41, 5.74) is 2.43. The molecule has 0 saturated heterocycles. The summed E-state index contributed by atoms with van der Waals surface area (Å²) in [4.78, 5) is 6.55. The summed E-state index contributed by atoms with van der Waals surface area (Å²) in [5.74, 6) is 1.66. The van der Waals surface area contributed by atoms with Crippen LogP contribution in [-0.2, 0) is 0 Å². The number of rotatable bonds is 7. The largest absolute Gasteiger partial charge is 0.497 e. The summed E-state index contributed by atoms with van der Waals surface area (Å²) < 4.78 is 5.36. The monoisotopic (exact) mass is 354 g/mol. The zero-order valence-electron chi connectivity index (χ0n) is 16.4. The van der Waals surface area contributed by atoms with Crippen molar-refractivity contribution in [3.63, 3.8) is 0 Å². The van der Waals surface area contributed by atoms with E-state index in [2.05, 4.69) is 77.9 Å². The summed E-state index contributed by atoms with van der Waals surface area (Å²) in [7, 11) is 7.64. The van der Waals surface area contributed by atoms with E-state index < -0.39 is 0 Å². The maximum atomic E-state index is 5.36. The van der Waals surface area contributed by atoms with Gasteiger partial charge >= 0.3 is 0 Å². The van der Waals surface area contributed by atoms with Crippen LogP contribution in [0.3, 0.4) is 0 Å². The summed E-state index contributed by atoms with van der Waals surface area (Å²) in [6.45, 7) is 2.87. The number of likely N-dealkylation sites (N-methyl/N-ethyl adjacent to an activating group) is 1. The van der Waals surface area contributed by atoms with E-state index in [0.29, 0.717) is 0 Å². The molecule has 0 aliphatic rings. The maximum absolute atomic E-state index is 5.36. The van der Waals surface area contributed by atoms with Crippen LogP contribution < -0.4 is 15.4 Å². The fraction of sp³-hybridized carbons (Fsp3) is 0.381. The second-order valence-corrected chi connectivity index (χ2v) is 6.49. The lowest BCUT2D eigenvalue weighted by atomic mass is 10.1. The Labute approximate surface area is 157 Å². The first-order chi connectivity index (χ1) is 12.5. The number of nitrogens with one attached hydrogen (secondary N) is 2. The number of ether oxygens (including phenoxy) is 1. The van der Waals surface area contributed by atoms with Crippen molar-refractivity contribution in [3.05, 3.63) is 65.7 Å². The van der Waals surface area contributed by atoms with Gasteiger partial charge in [-0.2, -0.15) is 0 Å². The Bertz CT molecular complexity index is 700. The van der Waals surface area contributed by atoms with Gasteiger partial charge in [-0.3, -0.25) is 4.99 Å². The second kappa shape index (κ2) is 9.82. The first-order valence-electron chi connectivity index (χ1n) is 8.87. The average Bonchev–Trinajstić information content (AvgIpc) is 2.67. The summed E-state index contributed by atoms with van der Waals surface area (Å²) in [6, 6.07) is 18.9. The Kier molecular flexibility index (Phi) is 7.48. The molecule has 0 spiro atoms. The van der Waals surface area contributed by atoms with Crippen molar-refractivity contribution in [2.24, 2.45) is 4.99 Å². The van der Waals surface area contributed by atoms with E-state index in [0.717, 1.165) is 18.3 Å². The molecular weight excluding hydrogens is 324 g/mol. The van der Waals surface area contributed by atoms with Crippen molar-refractivity contribution in [2.75, 3.05) is 34.8 Å². The molecule has 0 fully saturated rings. The van der Waals surface area contributed by atoms with Gasteiger partial charge in [0, 0.05) is 13.6 Å². The highest BCUT2D eigenvalue weighted by atomic mass is 16.5. The topological polar surface area (TPSA) is 48.9 Å². The average molecular weight is 354 g/mol. The molecule has 0 bridgehead atoms. The number of methoxy groups -OCH3 is 1. The van der Waals surface area contributed by atoms with Crippen LogP contribution in [0.25, 0.3) is 0 Å². The smallest absolute Gasteiger partial charge is 0.191 e. The number of guanidine groups is 1. The van der Waals surface area contributed by atoms with Crippen LogP contribution in [0.1, 0.15) is 30.1 Å². The molecular formula is C21H30N4O. The van der Waals surface area contributed by atoms with Crippen LogP contribution in [0.5, 0.6) is 5.75 Å². The first-order valence-corrected chi connectivity index (χ1v) is 8.87. The van der Waals surface area contributed by atoms with Gasteiger partial charge in [0.2, 0.25) is 0 Å². The molecule has 2 aromatic carbocycles. The number of benzene rings is 2. The molecule has 0 aliphatic heterocycles. The van der Waals surface area contributed by atoms with E-state index in [-0.39, 0.29) is 12.1 Å². The summed E-state index contributed by atoms with van der Waals surface area (Å²) >= 11 is 0. The molecule has 2 N–H and O–H groups in total. The third-order valence-electron chi connectivity index (χ3n) is 4.44. The van der Waals surface area contributed by atoms with Crippen molar-refractivity contribution in [1.29, 1.82) is 0 Å². The fourth-order valence-corrected chi connectivity index (χ4v) is 2.87. The molecule has 5 nitrogen and oxygen atoms in total. The van der Waals surface area contributed by atoms with Gasteiger partial charge in [-0.25, -0.2) is 0 Å². The Balaban J connectivity index is 2.02. The summed E-state index contributed by atoms with van der Waals surface area (Å²) in [5, 5.41) is 6.89. The maximum Gasteiger partial charge on any atom is 0.191 e. The van der Waals surface area contributed by atoms with E-state index in [1.165, 1.54) is 11.1 Å². The van der Waals surface area contributed by atoms with Crippen molar-refractivity contribution in [1.82, 2.24) is 15.5 Å². The quantitative estimate of drug-likeness (QED) is 0.592. The molecule has 140 valence electrons. The highest BCUT2D eigenvalue weighted by molar-refractivity contribution is 5.80. The SMILES string of the molecule is CN=C(NCC(c1cccc(OC)c1)N(C)C)NC(C)c1ccccc1. The van der Waals surface area contributed by atoms with E-state index >= 15 is 0 Å². The van der Waals surface area contributed by atoms with E-state index in [1.807, 2.05) is 18.2 Å². The highest BCUT2D eigenvalue weighted by Gasteiger charge is 2.16. The molecule has 0 saturated carbocycles. The number of nitrogens with zero attached hydrogens (tertiary/aromatic N) is 2. The predicted molar refractivity (Wildman–Crippen MR) is 109 cm³/mol. The minimum atomic E-state index is 0.178. The van der Waals surface area contributed by atoms with Crippen LogP contribution in [0.15, 0.2) is 59.6 Å². The van der Waals surface area contributed by atoms with Crippen LogP contribution in [0, 0.1) is 0 Å². The standard InChI is InChI=1S/C21H30N4O/c1-16(17-10-7-6-8-11-17)24-21(22-2)23-15-20(25(3)4)18-12-9-13-19(14-18)26-5/h6-14,16,20H,15H2,1-5H3,(H2,22,23,24). The third kappa shape index (κ3) is 5.49. The normalized spacial score (nSPS) is 14.0. The van der Waals surface area contributed by atoms with Crippen molar-refractivity contribution in [2.45, 2.75) is 19.0 Å². The number of hydrogen-bond donors (Lipinski definition) is 2. The van der Waals surface area contributed by atoms with Gasteiger partial charge in [-0.05, 0) is 44.3 Å². The molecule has 26 heavy (non-hydrogen) atoms. The van der Waals surface area contributed by atoms with E-state index in [1.54, 1.807) is 14.2 Å². The van der Waals surface area contributed by atoms with Crippen LogP contribution in [-0.4, -0.2) is 45.7 Å². The van der Waals surface area contributed by atoms with Gasteiger partial charge in [-0.15, -0.1) is 0 Å². The van der Waals surface area contributed by atoms with Gasteiger partial charge in [-0.1, -0.05) is 42.5 Å². The van der Waals surface area contributed by atoms with Gasteiger partial charge in [0.1, 0.15) is 5.75 Å². The van der Waals surface area contributed by atoms with E-state index in [9.17, 15) is 0 Å². The first kappa shape index (κ1) is 19.8. The molecule has 2 atom stereocenters. The molecule has 2 rings (SSSR count). The molecule has 0 aromatic heterocycles. The molecule has 0 heterocycles. The van der Waals surface area contributed by atoms with Crippen LogP contribution in [0.4, 0.5) is 0 Å². The Morgan fingerprint density at radius 3 is 2.38 bits per heavy atom. The minimum absolute atomic E-state index is 0.178. The molecule has 2 aromatic rings. The lowest BCUT2D eigenvalue weighted by molar-refractivity contribution is 0.297. The zero-order chi connectivity index (χ0) is 18.9. The fourth-order valence-electron chi connectivity index (χ4n) is 2.87. The second-order valence-electron chi connectivity index (χ2n) is 6.49. The number of aliphatic imine (C=N–C) groups is 1. The van der Waals surface area contributed by atoms with Gasteiger partial charge < -0.3 is 20.3 Å². The molecule has 5 heteroatoms. The van der Waals surface area contributed by atoms with E-state index in [4.69, 9.17) is 4.74 Å². The van der Waals surface area contributed by atoms with Gasteiger partial charge in [0.15, 0.2) is 5.96 Å². The lowest BCUT2D eigenvalue weighted by Gasteiger charge is -2.27. The summed E-state index contributed by atoms with van der Waals surface area (Å²) in [6.07, 6.45) is 0. The Morgan fingerprint density at radius 2 is 1.77 bits per heavy atom. The van der Waals surface area contributed by atoms with Gasteiger partial charge in [0.05, 0.1) is 19.2 Å². The molecule has 2 unspecified atom stereocenters. The van der Waals surface area contributed by atoms with Crippen molar-refractivity contribution in [3.8, 4) is 5.75 Å². The van der Waals surface area contributed by atoms with Crippen molar-refractivity contribution >= 4 is 5.96 Å². The van der Waals surface area contributed by atoms with Crippen LogP contribution >= 0.6 is 0 Å². The highest BCUT2D eigenvalue weighted by Crippen LogP contribution is 2.22.